The van der Waals surface area contributed by atoms with E-state index < -0.39 is 12.1 Å². The minimum atomic E-state index is -1.55. The molecule has 1 aromatic rings. The van der Waals surface area contributed by atoms with Crippen molar-refractivity contribution in [3.05, 3.63) is 29.8 Å². The van der Waals surface area contributed by atoms with Crippen LogP contribution in [-0.2, 0) is 9.59 Å². The van der Waals surface area contributed by atoms with Crippen LogP contribution < -0.4 is 4.74 Å². The van der Waals surface area contributed by atoms with Gasteiger partial charge in [0.05, 0.1) is 0 Å². The Bertz CT molecular complexity index is 453. The maximum absolute atomic E-state index is 11.7. The molecule has 0 aliphatic heterocycles. The van der Waals surface area contributed by atoms with Gasteiger partial charge in [-0.15, -0.1) is 0 Å². The van der Waals surface area contributed by atoms with Crippen molar-refractivity contribution < 1.29 is 24.5 Å². The van der Waals surface area contributed by atoms with Crippen molar-refractivity contribution in [1.29, 1.82) is 0 Å². The van der Waals surface area contributed by atoms with E-state index in [2.05, 4.69) is 0 Å². The van der Waals surface area contributed by atoms with Crippen LogP contribution in [0.2, 0.25) is 0 Å². The predicted octanol–water partition coefficient (Wildman–Crippen LogP) is 1.05. The zero-order valence-electron chi connectivity index (χ0n) is 11.6. The number of carbonyl (C=O) groups is 2. The molecule has 20 heavy (non-hydrogen) atoms. The first kappa shape index (κ1) is 16.0. The third kappa shape index (κ3) is 4.24. The smallest absolute Gasteiger partial charge is 0.337 e. The summed E-state index contributed by atoms with van der Waals surface area (Å²) in [6.07, 6.45) is -1.55. The Balaban J connectivity index is 2.58. The highest BCUT2D eigenvalue weighted by Crippen LogP contribution is 2.18. The molecule has 1 atom stereocenters. The van der Waals surface area contributed by atoms with Crippen molar-refractivity contribution in [2.24, 2.45) is 0 Å². The first-order chi connectivity index (χ1) is 9.49. The SMILES string of the molecule is CCN(CC)C(=O)COc1ccc(C(O)C(=O)O)cc1. The highest BCUT2D eigenvalue weighted by atomic mass is 16.5. The fraction of sp³-hybridized carbons (Fsp3) is 0.429. The van der Waals surface area contributed by atoms with Crippen LogP contribution in [0.5, 0.6) is 5.75 Å². The lowest BCUT2D eigenvalue weighted by atomic mass is 10.1. The Labute approximate surface area is 117 Å². The molecule has 0 bridgehead atoms. The number of aliphatic hydroxyl groups excluding tert-OH is 1. The number of nitrogens with zero attached hydrogens (tertiary/aromatic N) is 1. The van der Waals surface area contributed by atoms with Gasteiger partial charge in [0.1, 0.15) is 5.75 Å². The Morgan fingerprint density at radius 3 is 2.20 bits per heavy atom. The summed E-state index contributed by atoms with van der Waals surface area (Å²) in [5.74, 6) is -0.966. The van der Waals surface area contributed by atoms with Gasteiger partial charge >= 0.3 is 5.97 Å². The Hall–Kier alpha value is -2.08. The van der Waals surface area contributed by atoms with E-state index in [1.165, 1.54) is 24.3 Å². The molecule has 0 aromatic heterocycles. The number of benzene rings is 1. The lowest BCUT2D eigenvalue weighted by molar-refractivity contribution is -0.147. The minimum Gasteiger partial charge on any atom is -0.484 e. The molecule has 0 heterocycles. The molecular weight excluding hydrogens is 262 g/mol. The fourth-order valence-electron chi connectivity index (χ4n) is 1.70. The molecule has 110 valence electrons. The van der Waals surface area contributed by atoms with Crippen LogP contribution in [0.15, 0.2) is 24.3 Å². The van der Waals surface area contributed by atoms with Crippen LogP contribution in [0.4, 0.5) is 0 Å². The van der Waals surface area contributed by atoms with Crippen molar-refractivity contribution in [2.75, 3.05) is 19.7 Å². The minimum absolute atomic E-state index is 0.0670. The second-order valence-electron chi connectivity index (χ2n) is 4.16. The molecular formula is C14H19NO5. The lowest BCUT2D eigenvalue weighted by Gasteiger charge is -2.18. The van der Waals surface area contributed by atoms with Gasteiger partial charge in [-0.3, -0.25) is 4.79 Å². The maximum atomic E-state index is 11.7. The fourth-order valence-corrected chi connectivity index (χ4v) is 1.70. The number of rotatable bonds is 7. The van der Waals surface area contributed by atoms with E-state index in [0.29, 0.717) is 18.8 Å². The topological polar surface area (TPSA) is 87.1 Å². The van der Waals surface area contributed by atoms with Crippen molar-refractivity contribution in [1.82, 2.24) is 4.90 Å². The van der Waals surface area contributed by atoms with Crippen LogP contribution in [0.3, 0.4) is 0 Å². The van der Waals surface area contributed by atoms with Gasteiger partial charge < -0.3 is 19.8 Å². The number of aliphatic hydroxyl groups is 1. The van der Waals surface area contributed by atoms with Crippen molar-refractivity contribution in [3.63, 3.8) is 0 Å². The van der Waals surface area contributed by atoms with E-state index in [1.54, 1.807) is 4.90 Å². The van der Waals surface area contributed by atoms with E-state index in [0.717, 1.165) is 0 Å². The molecule has 0 fully saturated rings. The van der Waals surface area contributed by atoms with E-state index >= 15 is 0 Å². The van der Waals surface area contributed by atoms with E-state index in [9.17, 15) is 14.7 Å². The molecule has 1 rings (SSSR count). The molecule has 0 aliphatic carbocycles. The molecule has 0 saturated carbocycles. The van der Waals surface area contributed by atoms with E-state index in [-0.39, 0.29) is 18.1 Å². The zero-order chi connectivity index (χ0) is 15.1. The summed E-state index contributed by atoms with van der Waals surface area (Å²) in [5.41, 5.74) is 0.264. The van der Waals surface area contributed by atoms with Gasteiger partial charge in [0.15, 0.2) is 12.7 Å². The number of carbonyl (C=O) groups excluding carboxylic acids is 1. The number of carboxylic acid groups (broad SMARTS) is 1. The van der Waals surface area contributed by atoms with Crippen molar-refractivity contribution in [2.45, 2.75) is 20.0 Å². The van der Waals surface area contributed by atoms with Crippen LogP contribution in [0.25, 0.3) is 0 Å². The number of hydrogen-bond donors (Lipinski definition) is 2. The largest absolute Gasteiger partial charge is 0.484 e. The van der Waals surface area contributed by atoms with Gasteiger partial charge in [-0.1, -0.05) is 12.1 Å². The summed E-state index contributed by atoms with van der Waals surface area (Å²) in [7, 11) is 0. The van der Waals surface area contributed by atoms with Crippen LogP contribution in [0, 0.1) is 0 Å². The first-order valence-corrected chi connectivity index (χ1v) is 6.41. The highest BCUT2D eigenvalue weighted by Gasteiger charge is 2.15. The van der Waals surface area contributed by atoms with Crippen LogP contribution in [0.1, 0.15) is 25.5 Å². The number of aliphatic carboxylic acids is 1. The number of carboxylic acids is 1. The molecule has 1 aromatic carbocycles. The summed E-state index contributed by atoms with van der Waals surface area (Å²) in [6.45, 7) is 4.97. The molecule has 6 heteroatoms. The van der Waals surface area contributed by atoms with Gasteiger partial charge in [-0.05, 0) is 31.5 Å². The third-order valence-corrected chi connectivity index (χ3v) is 2.91. The average Bonchev–Trinajstić information content (AvgIpc) is 2.46. The van der Waals surface area contributed by atoms with Crippen molar-refractivity contribution >= 4 is 11.9 Å². The standard InChI is InChI=1S/C14H19NO5/c1-3-15(4-2)12(16)9-20-11-7-5-10(6-8-11)13(17)14(18)19/h5-8,13,17H,3-4,9H2,1-2H3,(H,18,19). The lowest BCUT2D eigenvalue weighted by Crippen LogP contribution is -2.34. The van der Waals surface area contributed by atoms with Gasteiger partial charge in [-0.2, -0.15) is 0 Å². The van der Waals surface area contributed by atoms with Gasteiger partial charge in [0, 0.05) is 13.1 Å². The first-order valence-electron chi connectivity index (χ1n) is 6.41. The van der Waals surface area contributed by atoms with Crippen LogP contribution >= 0.6 is 0 Å². The summed E-state index contributed by atoms with van der Waals surface area (Å²) < 4.78 is 5.33. The normalized spacial score (nSPS) is 11.8. The maximum Gasteiger partial charge on any atom is 0.337 e. The molecule has 0 spiro atoms. The molecule has 1 amide bonds. The number of hydrogen-bond acceptors (Lipinski definition) is 4. The highest BCUT2D eigenvalue weighted by molar-refractivity contribution is 5.77. The van der Waals surface area contributed by atoms with Gasteiger partial charge in [-0.25, -0.2) is 4.79 Å². The number of ether oxygens (including phenoxy) is 1. The summed E-state index contributed by atoms with van der Waals surface area (Å²) >= 11 is 0. The van der Waals surface area contributed by atoms with Crippen LogP contribution in [-0.4, -0.2) is 46.7 Å². The second-order valence-corrected chi connectivity index (χ2v) is 4.16. The number of amides is 1. The van der Waals surface area contributed by atoms with E-state index in [4.69, 9.17) is 9.84 Å². The van der Waals surface area contributed by atoms with Crippen molar-refractivity contribution in [3.8, 4) is 5.75 Å². The molecule has 1 unspecified atom stereocenters. The molecule has 2 N–H and O–H groups in total. The van der Waals surface area contributed by atoms with Gasteiger partial charge in [0.2, 0.25) is 0 Å². The molecule has 6 nitrogen and oxygen atoms in total. The Morgan fingerprint density at radius 2 is 1.75 bits per heavy atom. The summed E-state index contributed by atoms with van der Waals surface area (Å²) in [5, 5.41) is 18.0. The molecule has 0 radical (unpaired) electrons. The average molecular weight is 281 g/mol. The molecule has 0 saturated heterocycles. The molecule has 0 aliphatic rings. The quantitative estimate of drug-likeness (QED) is 0.780. The zero-order valence-corrected chi connectivity index (χ0v) is 11.6. The summed E-state index contributed by atoms with van der Waals surface area (Å²) in [6, 6.07) is 5.96. The van der Waals surface area contributed by atoms with E-state index in [1.807, 2.05) is 13.8 Å². The predicted molar refractivity (Wildman–Crippen MR) is 72.5 cm³/mol. The monoisotopic (exact) mass is 281 g/mol. The summed E-state index contributed by atoms with van der Waals surface area (Å²) in [4.78, 5) is 24.0. The Morgan fingerprint density at radius 1 is 1.20 bits per heavy atom. The Kier molecular flexibility index (Phi) is 5.99. The number of likely N-dealkylation sites (N-methyl/N-ethyl adjacent to an activating group) is 1. The third-order valence-electron chi connectivity index (χ3n) is 2.91. The van der Waals surface area contributed by atoms with Gasteiger partial charge in [0.25, 0.3) is 5.91 Å². The second kappa shape index (κ2) is 7.49.